The summed E-state index contributed by atoms with van der Waals surface area (Å²) in [5.74, 6) is 0. The van der Waals surface area contributed by atoms with Gasteiger partial charge in [0.25, 0.3) is 0 Å². The summed E-state index contributed by atoms with van der Waals surface area (Å²) < 4.78 is 25.5. The molecule has 1 rings (SSSR count). The highest BCUT2D eigenvalue weighted by Gasteiger charge is 2.17. The third-order valence-electron chi connectivity index (χ3n) is 1.48. The summed E-state index contributed by atoms with van der Waals surface area (Å²) in [5.41, 5.74) is 0. The lowest BCUT2D eigenvalue weighted by molar-refractivity contribution is 0.585. The van der Waals surface area contributed by atoms with Crippen LogP contribution < -0.4 is 4.72 Å². The molecule has 1 aromatic heterocycles. The van der Waals surface area contributed by atoms with Gasteiger partial charge in [-0.25, -0.2) is 13.1 Å². The standard InChI is InChI=1S/C8H8Cl2N2O2S/c1-6(9)4-12-15(13,14)8-5-11-3-2-7(8)10/h2-3,5,12H,1,4H2. The number of aromatic nitrogens is 1. The summed E-state index contributed by atoms with van der Waals surface area (Å²) in [5, 5.41) is 0.302. The summed E-state index contributed by atoms with van der Waals surface area (Å²) >= 11 is 11.2. The van der Waals surface area contributed by atoms with Gasteiger partial charge in [-0.05, 0) is 6.07 Å². The van der Waals surface area contributed by atoms with E-state index < -0.39 is 10.0 Å². The van der Waals surface area contributed by atoms with Gasteiger partial charge in [0, 0.05) is 24.0 Å². The monoisotopic (exact) mass is 266 g/mol. The molecule has 0 spiro atoms. The SMILES string of the molecule is C=C(Cl)CNS(=O)(=O)c1cnccc1Cl. The molecule has 4 nitrogen and oxygen atoms in total. The Morgan fingerprint density at radius 1 is 1.60 bits per heavy atom. The van der Waals surface area contributed by atoms with E-state index in [4.69, 9.17) is 23.2 Å². The van der Waals surface area contributed by atoms with Gasteiger partial charge in [-0.1, -0.05) is 29.8 Å². The van der Waals surface area contributed by atoms with Crippen molar-refractivity contribution in [3.63, 3.8) is 0 Å². The molecule has 0 radical (unpaired) electrons. The zero-order valence-corrected chi connectivity index (χ0v) is 9.90. The number of nitrogens with zero attached hydrogens (tertiary/aromatic N) is 1. The Bertz CT molecular complexity index is 473. The molecule has 1 aromatic rings. The van der Waals surface area contributed by atoms with Crippen LogP contribution in [0.2, 0.25) is 5.02 Å². The first kappa shape index (κ1) is 12.4. The van der Waals surface area contributed by atoms with E-state index in [-0.39, 0.29) is 21.5 Å². The van der Waals surface area contributed by atoms with Crippen molar-refractivity contribution < 1.29 is 8.42 Å². The molecule has 1 heterocycles. The number of hydrogen-bond acceptors (Lipinski definition) is 3. The zero-order valence-electron chi connectivity index (χ0n) is 7.57. The fourth-order valence-electron chi connectivity index (χ4n) is 0.812. The predicted octanol–water partition coefficient (Wildman–Crippen LogP) is 1.77. The largest absolute Gasteiger partial charge is 0.263 e. The number of rotatable bonds is 4. The van der Waals surface area contributed by atoms with Gasteiger partial charge in [-0.15, -0.1) is 0 Å². The van der Waals surface area contributed by atoms with E-state index in [1.54, 1.807) is 0 Å². The lowest BCUT2D eigenvalue weighted by Gasteiger charge is -2.06. The Kier molecular flexibility index (Phi) is 4.10. The number of sulfonamides is 1. The van der Waals surface area contributed by atoms with Gasteiger partial charge < -0.3 is 0 Å². The minimum absolute atomic E-state index is 0.0465. The summed E-state index contributed by atoms with van der Waals surface area (Å²) in [4.78, 5) is 3.60. The van der Waals surface area contributed by atoms with Crippen molar-refractivity contribution in [2.75, 3.05) is 6.54 Å². The third kappa shape index (κ3) is 3.46. The van der Waals surface area contributed by atoms with E-state index in [0.29, 0.717) is 0 Å². The topological polar surface area (TPSA) is 59.1 Å². The van der Waals surface area contributed by atoms with Crippen LogP contribution in [0.3, 0.4) is 0 Å². The van der Waals surface area contributed by atoms with Gasteiger partial charge in [0.15, 0.2) is 0 Å². The highest BCUT2D eigenvalue weighted by atomic mass is 35.5. The molecule has 0 fully saturated rings. The lowest BCUT2D eigenvalue weighted by atomic mass is 10.5. The highest BCUT2D eigenvalue weighted by Crippen LogP contribution is 2.18. The van der Waals surface area contributed by atoms with Crippen molar-refractivity contribution in [1.82, 2.24) is 9.71 Å². The van der Waals surface area contributed by atoms with Gasteiger partial charge in [0.1, 0.15) is 4.90 Å². The lowest BCUT2D eigenvalue weighted by Crippen LogP contribution is -2.25. The van der Waals surface area contributed by atoms with Crippen molar-refractivity contribution >= 4 is 33.2 Å². The van der Waals surface area contributed by atoms with Gasteiger partial charge in [0.2, 0.25) is 10.0 Å². The van der Waals surface area contributed by atoms with Crippen LogP contribution >= 0.6 is 23.2 Å². The average Bonchev–Trinajstić information content (AvgIpc) is 2.15. The molecule has 1 N–H and O–H groups in total. The first-order valence-electron chi connectivity index (χ1n) is 3.86. The molecule has 7 heteroatoms. The van der Waals surface area contributed by atoms with E-state index in [2.05, 4.69) is 16.3 Å². The molecule has 0 aliphatic rings. The molecule has 0 saturated carbocycles. The van der Waals surface area contributed by atoms with Gasteiger partial charge >= 0.3 is 0 Å². The van der Waals surface area contributed by atoms with Crippen LogP contribution in [-0.2, 0) is 10.0 Å². The molecule has 0 aliphatic heterocycles. The molecule has 0 atom stereocenters. The van der Waals surface area contributed by atoms with Gasteiger partial charge in [-0.2, -0.15) is 0 Å². The van der Waals surface area contributed by atoms with Gasteiger partial charge in [0.05, 0.1) is 5.02 Å². The molecule has 0 aromatic carbocycles. The Morgan fingerprint density at radius 3 is 2.80 bits per heavy atom. The molecule has 0 aliphatic carbocycles. The molecule has 0 saturated heterocycles. The Balaban J connectivity index is 2.97. The summed E-state index contributed by atoms with van der Waals surface area (Å²) in [6.07, 6.45) is 2.57. The molecular weight excluding hydrogens is 259 g/mol. The second-order valence-electron chi connectivity index (χ2n) is 2.65. The first-order valence-corrected chi connectivity index (χ1v) is 6.10. The molecular formula is C8H8Cl2N2O2S. The predicted molar refractivity (Wildman–Crippen MR) is 59.4 cm³/mol. The van der Waals surface area contributed by atoms with Crippen molar-refractivity contribution in [2.24, 2.45) is 0 Å². The Morgan fingerprint density at radius 2 is 2.27 bits per heavy atom. The molecule has 0 bridgehead atoms. The van der Waals surface area contributed by atoms with Crippen molar-refractivity contribution in [2.45, 2.75) is 4.90 Å². The van der Waals surface area contributed by atoms with Crippen molar-refractivity contribution in [1.29, 1.82) is 0 Å². The first-order chi connectivity index (χ1) is 6.93. The molecule has 0 unspecified atom stereocenters. The number of hydrogen-bond donors (Lipinski definition) is 1. The van der Waals surface area contributed by atoms with E-state index in [1.165, 1.54) is 18.5 Å². The van der Waals surface area contributed by atoms with Crippen LogP contribution in [0.25, 0.3) is 0 Å². The number of halogens is 2. The van der Waals surface area contributed by atoms with Crippen LogP contribution in [-0.4, -0.2) is 19.9 Å². The average molecular weight is 267 g/mol. The maximum absolute atomic E-state index is 11.6. The minimum Gasteiger partial charge on any atom is -0.263 e. The molecule has 0 amide bonds. The normalized spacial score (nSPS) is 11.3. The van der Waals surface area contributed by atoms with Crippen molar-refractivity contribution in [3.05, 3.63) is 35.1 Å². The van der Waals surface area contributed by atoms with Crippen molar-refractivity contribution in [3.8, 4) is 0 Å². The number of nitrogens with one attached hydrogen (secondary N) is 1. The zero-order chi connectivity index (χ0) is 11.5. The van der Waals surface area contributed by atoms with E-state index in [0.717, 1.165) is 0 Å². The summed E-state index contributed by atoms with van der Waals surface area (Å²) in [6.45, 7) is 3.32. The second-order valence-corrected chi connectivity index (χ2v) is 5.33. The van der Waals surface area contributed by atoms with Crippen LogP contribution in [0.4, 0.5) is 0 Å². The van der Waals surface area contributed by atoms with E-state index >= 15 is 0 Å². The second kappa shape index (κ2) is 4.94. The number of pyridine rings is 1. The molecule has 15 heavy (non-hydrogen) atoms. The summed E-state index contributed by atoms with van der Waals surface area (Å²) in [6, 6.07) is 1.39. The smallest absolute Gasteiger partial charge is 0.243 e. The van der Waals surface area contributed by atoms with Gasteiger partial charge in [-0.3, -0.25) is 4.98 Å². The quantitative estimate of drug-likeness (QED) is 0.904. The maximum atomic E-state index is 11.6. The molecule has 82 valence electrons. The van der Waals surface area contributed by atoms with Crippen LogP contribution in [0.1, 0.15) is 0 Å². The third-order valence-corrected chi connectivity index (χ3v) is 3.48. The Labute approximate surface area is 98.0 Å². The highest BCUT2D eigenvalue weighted by molar-refractivity contribution is 7.89. The van der Waals surface area contributed by atoms with Crippen LogP contribution in [0, 0.1) is 0 Å². The summed E-state index contributed by atoms with van der Waals surface area (Å²) in [7, 11) is -3.68. The maximum Gasteiger partial charge on any atom is 0.243 e. The fraction of sp³-hybridized carbons (Fsp3) is 0.125. The van der Waals surface area contributed by atoms with Crippen LogP contribution in [0.5, 0.6) is 0 Å². The van der Waals surface area contributed by atoms with E-state index in [9.17, 15) is 8.42 Å². The fourth-order valence-corrected chi connectivity index (χ4v) is 2.41. The van der Waals surface area contributed by atoms with E-state index in [1.807, 2.05) is 0 Å². The van der Waals surface area contributed by atoms with Crippen LogP contribution in [0.15, 0.2) is 35.0 Å². The Hall–Kier alpha value is -0.620. The minimum atomic E-state index is -3.68.